The van der Waals surface area contributed by atoms with Gasteiger partial charge in [-0.3, -0.25) is 4.79 Å². The van der Waals surface area contributed by atoms with Crippen LogP contribution in [0.1, 0.15) is 15.9 Å². The molecule has 4 nitrogen and oxygen atoms in total. The van der Waals surface area contributed by atoms with Gasteiger partial charge in [0.2, 0.25) is 5.78 Å². The molecule has 0 heterocycles. The molecule has 0 fully saturated rings. The molecule has 2 aromatic carbocycles. The normalized spacial score (nSPS) is 10.7. The molecule has 0 atom stereocenters. The number of rotatable bonds is 5. The lowest BCUT2D eigenvalue weighted by Crippen LogP contribution is -2.02. The second kappa shape index (κ2) is 7.09. The van der Waals surface area contributed by atoms with Crippen LogP contribution in [-0.4, -0.2) is 20.0 Å². The van der Waals surface area contributed by atoms with Crippen LogP contribution in [0.5, 0.6) is 11.5 Å². The number of nitriles is 1. The third kappa shape index (κ3) is 3.33. The summed E-state index contributed by atoms with van der Waals surface area (Å²) < 4.78 is 10.4. The molecule has 2 rings (SSSR count). The molecular formula is C18H15NO3. The molecule has 0 saturated carbocycles. The van der Waals surface area contributed by atoms with Gasteiger partial charge in [0, 0.05) is 11.1 Å². The van der Waals surface area contributed by atoms with Crippen LogP contribution in [0.15, 0.2) is 54.1 Å². The molecule has 0 aliphatic carbocycles. The summed E-state index contributed by atoms with van der Waals surface area (Å²) in [5, 5.41) is 9.30. The molecule has 0 unspecified atom stereocenters. The van der Waals surface area contributed by atoms with Crippen molar-refractivity contribution < 1.29 is 14.3 Å². The number of hydrogen-bond acceptors (Lipinski definition) is 4. The number of allylic oxidation sites excluding steroid dienone is 1. The minimum absolute atomic E-state index is 0.0396. The van der Waals surface area contributed by atoms with Gasteiger partial charge in [0.05, 0.1) is 14.2 Å². The van der Waals surface area contributed by atoms with Crippen LogP contribution in [0, 0.1) is 11.3 Å². The minimum Gasteiger partial charge on any atom is -0.497 e. The fourth-order valence-electron chi connectivity index (χ4n) is 2.00. The summed E-state index contributed by atoms with van der Waals surface area (Å²) in [6.07, 6.45) is 1.51. The van der Waals surface area contributed by atoms with Gasteiger partial charge in [0.15, 0.2) is 0 Å². The summed E-state index contributed by atoms with van der Waals surface area (Å²) >= 11 is 0. The molecule has 0 saturated heterocycles. The Morgan fingerprint density at radius 2 is 1.82 bits per heavy atom. The van der Waals surface area contributed by atoms with Crippen LogP contribution in [0.4, 0.5) is 0 Å². The van der Waals surface area contributed by atoms with Crippen molar-refractivity contribution in [3.63, 3.8) is 0 Å². The number of carbonyl (C=O) groups excluding carboxylic acids is 1. The zero-order chi connectivity index (χ0) is 15.9. The van der Waals surface area contributed by atoms with E-state index in [9.17, 15) is 10.1 Å². The molecule has 0 aliphatic rings. The molecule has 0 amide bonds. The number of Topliss-reactive ketones (excluding diaryl/α,β-unsaturated/α-hetero) is 1. The fraction of sp³-hybridized carbons (Fsp3) is 0.111. The Morgan fingerprint density at radius 1 is 1.09 bits per heavy atom. The van der Waals surface area contributed by atoms with Gasteiger partial charge in [-0.1, -0.05) is 30.3 Å². The zero-order valence-electron chi connectivity index (χ0n) is 12.4. The Balaban J connectivity index is 2.45. The van der Waals surface area contributed by atoms with Crippen LogP contribution >= 0.6 is 0 Å². The quantitative estimate of drug-likeness (QED) is 0.481. The Bertz CT molecular complexity index is 743. The van der Waals surface area contributed by atoms with E-state index in [1.807, 2.05) is 12.1 Å². The molecule has 0 N–H and O–H groups in total. The molecule has 0 aliphatic heterocycles. The average molecular weight is 293 g/mol. The van der Waals surface area contributed by atoms with E-state index >= 15 is 0 Å². The van der Waals surface area contributed by atoms with E-state index in [4.69, 9.17) is 9.47 Å². The Hall–Kier alpha value is -3.06. The summed E-state index contributed by atoms with van der Waals surface area (Å²) in [6.45, 7) is 0. The molecule has 0 bridgehead atoms. The van der Waals surface area contributed by atoms with Crippen molar-refractivity contribution in [1.29, 1.82) is 5.26 Å². The summed E-state index contributed by atoms with van der Waals surface area (Å²) in [5.41, 5.74) is 1.12. The standard InChI is InChI=1S/C18H15NO3/c1-21-16-8-9-17(22-2)14(11-16)10-15(12-19)18(20)13-6-4-3-5-7-13/h3-11H,1-2H3/b15-10+. The minimum atomic E-state index is -0.326. The van der Waals surface area contributed by atoms with Gasteiger partial charge in [0.1, 0.15) is 23.1 Å². The van der Waals surface area contributed by atoms with Crippen molar-refractivity contribution >= 4 is 11.9 Å². The smallest absolute Gasteiger partial charge is 0.203 e. The number of nitrogens with zero attached hydrogens (tertiary/aromatic N) is 1. The molecule has 0 aromatic heterocycles. The van der Waals surface area contributed by atoms with Crippen molar-refractivity contribution in [2.45, 2.75) is 0 Å². The summed E-state index contributed by atoms with van der Waals surface area (Å²) in [7, 11) is 3.08. The van der Waals surface area contributed by atoms with Crippen LogP contribution in [-0.2, 0) is 0 Å². The van der Waals surface area contributed by atoms with E-state index in [0.717, 1.165) is 0 Å². The number of ketones is 1. The second-order valence-electron chi connectivity index (χ2n) is 4.47. The van der Waals surface area contributed by atoms with Gasteiger partial charge in [-0.25, -0.2) is 0 Å². The van der Waals surface area contributed by atoms with Crippen LogP contribution in [0.2, 0.25) is 0 Å². The van der Waals surface area contributed by atoms with E-state index in [1.165, 1.54) is 13.2 Å². The largest absolute Gasteiger partial charge is 0.497 e. The first-order chi connectivity index (χ1) is 10.7. The summed E-state index contributed by atoms with van der Waals surface area (Å²) in [5.74, 6) is 0.860. The number of carbonyl (C=O) groups is 1. The maximum absolute atomic E-state index is 12.4. The first-order valence-electron chi connectivity index (χ1n) is 6.63. The van der Waals surface area contributed by atoms with Gasteiger partial charge in [-0.05, 0) is 24.3 Å². The van der Waals surface area contributed by atoms with Crippen LogP contribution < -0.4 is 9.47 Å². The van der Waals surface area contributed by atoms with Crippen LogP contribution in [0.25, 0.3) is 6.08 Å². The third-order valence-electron chi connectivity index (χ3n) is 3.14. The maximum atomic E-state index is 12.4. The highest BCUT2D eigenvalue weighted by molar-refractivity contribution is 6.14. The Kier molecular flexibility index (Phi) is 4.94. The highest BCUT2D eigenvalue weighted by Gasteiger charge is 2.13. The van der Waals surface area contributed by atoms with E-state index in [2.05, 4.69) is 0 Å². The number of benzene rings is 2. The SMILES string of the molecule is COc1ccc(OC)c(/C=C(\C#N)C(=O)c2ccccc2)c1. The first kappa shape index (κ1) is 15.3. The van der Waals surface area contributed by atoms with Crippen LogP contribution in [0.3, 0.4) is 0 Å². The van der Waals surface area contributed by atoms with Crippen molar-refractivity contribution in [1.82, 2.24) is 0 Å². The molecular weight excluding hydrogens is 278 g/mol. The van der Waals surface area contributed by atoms with E-state index < -0.39 is 0 Å². The predicted molar refractivity (Wildman–Crippen MR) is 83.9 cm³/mol. The number of hydrogen-bond donors (Lipinski definition) is 0. The van der Waals surface area contributed by atoms with Crippen molar-refractivity contribution in [3.05, 3.63) is 65.2 Å². The van der Waals surface area contributed by atoms with Crippen molar-refractivity contribution in [2.24, 2.45) is 0 Å². The van der Waals surface area contributed by atoms with Crippen molar-refractivity contribution in [2.75, 3.05) is 14.2 Å². The van der Waals surface area contributed by atoms with Gasteiger partial charge in [-0.15, -0.1) is 0 Å². The van der Waals surface area contributed by atoms with Gasteiger partial charge in [-0.2, -0.15) is 5.26 Å². The Labute approximate surface area is 129 Å². The fourth-order valence-corrected chi connectivity index (χ4v) is 2.00. The lowest BCUT2D eigenvalue weighted by molar-refractivity contribution is 0.104. The number of ether oxygens (including phenoxy) is 2. The topological polar surface area (TPSA) is 59.3 Å². The monoisotopic (exact) mass is 293 g/mol. The highest BCUT2D eigenvalue weighted by atomic mass is 16.5. The van der Waals surface area contributed by atoms with Gasteiger partial charge >= 0.3 is 0 Å². The zero-order valence-corrected chi connectivity index (χ0v) is 12.4. The molecule has 0 spiro atoms. The van der Waals surface area contributed by atoms with Crippen molar-refractivity contribution in [3.8, 4) is 17.6 Å². The molecule has 0 radical (unpaired) electrons. The maximum Gasteiger partial charge on any atom is 0.203 e. The lowest BCUT2D eigenvalue weighted by atomic mass is 10.0. The lowest BCUT2D eigenvalue weighted by Gasteiger charge is -2.08. The number of methoxy groups -OCH3 is 2. The second-order valence-corrected chi connectivity index (χ2v) is 4.47. The summed E-state index contributed by atoms with van der Waals surface area (Å²) in [6, 6.07) is 15.8. The molecule has 4 heteroatoms. The average Bonchev–Trinajstić information content (AvgIpc) is 2.59. The van der Waals surface area contributed by atoms with Gasteiger partial charge < -0.3 is 9.47 Å². The van der Waals surface area contributed by atoms with E-state index in [0.29, 0.717) is 22.6 Å². The van der Waals surface area contributed by atoms with E-state index in [1.54, 1.807) is 49.6 Å². The Morgan fingerprint density at radius 3 is 2.41 bits per heavy atom. The van der Waals surface area contributed by atoms with E-state index in [-0.39, 0.29) is 11.4 Å². The summed E-state index contributed by atoms with van der Waals surface area (Å²) in [4.78, 5) is 12.4. The third-order valence-corrected chi connectivity index (χ3v) is 3.14. The highest BCUT2D eigenvalue weighted by Crippen LogP contribution is 2.26. The molecule has 22 heavy (non-hydrogen) atoms. The van der Waals surface area contributed by atoms with Gasteiger partial charge in [0.25, 0.3) is 0 Å². The first-order valence-corrected chi connectivity index (χ1v) is 6.63. The predicted octanol–water partition coefficient (Wildman–Crippen LogP) is 3.49. The molecule has 110 valence electrons. The molecule has 2 aromatic rings.